The topological polar surface area (TPSA) is 98.4 Å². The van der Waals surface area contributed by atoms with Crippen LogP contribution in [0.4, 0.5) is 0 Å². The molecule has 0 bridgehead atoms. The quantitative estimate of drug-likeness (QED) is 0.215. The maximum atomic E-state index is 12.1. The van der Waals surface area contributed by atoms with Crippen LogP contribution in [-0.4, -0.2) is 51.3 Å². The summed E-state index contributed by atoms with van der Waals surface area (Å²) in [5, 5.41) is 7.69. The Hall–Kier alpha value is -1.33. The largest absolute Gasteiger partial charge is 0.361 e. The second kappa shape index (κ2) is 11.8. The lowest BCUT2D eigenvalue weighted by atomic mass is 9.86. The lowest BCUT2D eigenvalue weighted by Gasteiger charge is -2.25. The minimum Gasteiger partial charge on any atom is -0.361 e. The fraction of sp³-hybridized carbons (Fsp3) is 0.550. The first-order chi connectivity index (χ1) is 13.6. The number of rotatable bonds is 10. The van der Waals surface area contributed by atoms with Crippen molar-refractivity contribution in [2.24, 2.45) is 10.9 Å². The van der Waals surface area contributed by atoms with Crippen LogP contribution in [0.3, 0.4) is 0 Å². The van der Waals surface area contributed by atoms with E-state index in [1.54, 1.807) is 0 Å². The maximum Gasteiger partial charge on any atom is 0.213 e. The first-order valence-corrected chi connectivity index (χ1v) is 11.8. The zero-order valence-electron chi connectivity index (χ0n) is 16.9. The van der Waals surface area contributed by atoms with Gasteiger partial charge >= 0.3 is 0 Å². The minimum atomic E-state index is -3.26. The molecule has 7 nitrogen and oxygen atoms in total. The Bertz CT molecular complexity index is 893. The molecule has 29 heavy (non-hydrogen) atoms. The molecule has 9 heteroatoms. The number of hydrogen-bond acceptors (Lipinski definition) is 3. The van der Waals surface area contributed by atoms with E-state index >= 15 is 0 Å². The molecule has 2 aromatic rings. The number of aromatic amines is 1. The summed E-state index contributed by atoms with van der Waals surface area (Å²) in [6.45, 7) is 4.25. The summed E-state index contributed by atoms with van der Waals surface area (Å²) in [6.07, 6.45) is 6.37. The van der Waals surface area contributed by atoms with Gasteiger partial charge in [0, 0.05) is 36.7 Å². The van der Waals surface area contributed by atoms with Crippen molar-refractivity contribution in [3.8, 4) is 0 Å². The van der Waals surface area contributed by atoms with E-state index in [2.05, 4.69) is 37.5 Å². The predicted molar refractivity (Wildman–Crippen MR) is 131 cm³/mol. The van der Waals surface area contributed by atoms with Crippen LogP contribution in [0, 0.1) is 5.92 Å². The summed E-state index contributed by atoms with van der Waals surface area (Å²) >= 11 is 0. The summed E-state index contributed by atoms with van der Waals surface area (Å²) in [7, 11) is -3.26. The summed E-state index contributed by atoms with van der Waals surface area (Å²) < 4.78 is 26.9. The highest BCUT2D eigenvalue weighted by molar-refractivity contribution is 14.0. The molecule has 162 valence electrons. The summed E-state index contributed by atoms with van der Waals surface area (Å²) in [6, 6.07) is 8.24. The lowest BCUT2D eigenvalue weighted by molar-refractivity contribution is 0.316. The molecule has 0 unspecified atom stereocenters. The van der Waals surface area contributed by atoms with Crippen LogP contribution >= 0.6 is 24.0 Å². The van der Waals surface area contributed by atoms with Gasteiger partial charge in [0.05, 0.1) is 12.3 Å². The molecule has 1 saturated carbocycles. The van der Waals surface area contributed by atoms with Crippen molar-refractivity contribution in [2.45, 2.75) is 32.6 Å². The highest BCUT2D eigenvalue weighted by Crippen LogP contribution is 2.25. The van der Waals surface area contributed by atoms with E-state index in [9.17, 15) is 8.42 Å². The number of aromatic nitrogens is 1. The first kappa shape index (κ1) is 23.9. The van der Waals surface area contributed by atoms with E-state index in [4.69, 9.17) is 0 Å². The van der Waals surface area contributed by atoms with Gasteiger partial charge in [0.15, 0.2) is 5.96 Å². The average molecular weight is 533 g/mol. The van der Waals surface area contributed by atoms with Crippen molar-refractivity contribution in [2.75, 3.05) is 31.9 Å². The Morgan fingerprint density at radius 1 is 1.24 bits per heavy atom. The van der Waals surface area contributed by atoms with E-state index < -0.39 is 10.0 Å². The van der Waals surface area contributed by atoms with Crippen LogP contribution in [0.25, 0.3) is 10.9 Å². The molecular formula is C20H32IN5O2S. The van der Waals surface area contributed by atoms with Crippen LogP contribution in [-0.2, 0) is 16.4 Å². The van der Waals surface area contributed by atoms with Gasteiger partial charge in [-0.2, -0.15) is 0 Å². The van der Waals surface area contributed by atoms with Gasteiger partial charge in [-0.05, 0) is 43.7 Å². The summed E-state index contributed by atoms with van der Waals surface area (Å²) in [5.41, 5.74) is 2.39. The lowest BCUT2D eigenvalue weighted by Crippen LogP contribution is -2.39. The predicted octanol–water partition coefficient (Wildman–Crippen LogP) is 2.60. The van der Waals surface area contributed by atoms with Crippen molar-refractivity contribution in [1.82, 2.24) is 20.3 Å². The molecule has 0 amide bonds. The van der Waals surface area contributed by atoms with Crippen LogP contribution < -0.4 is 15.4 Å². The fourth-order valence-electron chi connectivity index (χ4n) is 3.29. The minimum absolute atomic E-state index is 0. The highest BCUT2D eigenvalue weighted by atomic mass is 127. The molecule has 1 aromatic carbocycles. The highest BCUT2D eigenvalue weighted by Gasteiger charge is 2.19. The van der Waals surface area contributed by atoms with E-state index in [0.29, 0.717) is 18.4 Å². The second-order valence-corrected chi connectivity index (χ2v) is 9.19. The molecule has 0 aliphatic heterocycles. The fourth-order valence-corrected chi connectivity index (χ4v) is 4.25. The van der Waals surface area contributed by atoms with Gasteiger partial charge in [-0.3, -0.25) is 4.99 Å². The molecule has 4 N–H and O–H groups in total. The SMILES string of the molecule is CCNC(=NCCS(=O)(=O)NCC1CCC1)NCCc1c[nH]c2ccccc12.I. The van der Waals surface area contributed by atoms with Gasteiger partial charge < -0.3 is 15.6 Å². The third kappa shape index (κ3) is 7.45. The third-order valence-corrected chi connectivity index (χ3v) is 6.48. The van der Waals surface area contributed by atoms with Crippen molar-refractivity contribution in [3.63, 3.8) is 0 Å². The molecule has 3 rings (SSSR count). The normalized spacial score (nSPS) is 15.0. The number of para-hydroxylation sites is 1. The smallest absolute Gasteiger partial charge is 0.213 e. The van der Waals surface area contributed by atoms with Crippen molar-refractivity contribution in [3.05, 3.63) is 36.0 Å². The van der Waals surface area contributed by atoms with Gasteiger partial charge in [-0.15, -0.1) is 24.0 Å². The van der Waals surface area contributed by atoms with Crippen LogP contribution in [0.5, 0.6) is 0 Å². The molecule has 1 aromatic heterocycles. The van der Waals surface area contributed by atoms with Gasteiger partial charge in [-0.1, -0.05) is 24.6 Å². The van der Waals surface area contributed by atoms with E-state index in [1.165, 1.54) is 17.4 Å². The van der Waals surface area contributed by atoms with Crippen LogP contribution in [0.2, 0.25) is 0 Å². The number of guanidine groups is 1. The third-order valence-electron chi connectivity index (χ3n) is 5.15. The second-order valence-electron chi connectivity index (χ2n) is 7.26. The number of nitrogens with zero attached hydrogens (tertiary/aromatic N) is 1. The van der Waals surface area contributed by atoms with Crippen molar-refractivity contribution in [1.29, 1.82) is 0 Å². The number of aliphatic imine (C=N–C) groups is 1. The molecular weight excluding hydrogens is 501 g/mol. The standard InChI is InChI=1S/C20H31N5O2S.HI/c1-2-21-20(23-12-13-28(26,27)25-14-16-6-5-7-16)22-11-10-17-15-24-19-9-4-3-8-18(17)19;/h3-4,8-9,15-16,24-25H,2,5-7,10-14H2,1H3,(H2,21,22,23);1H. The Morgan fingerprint density at radius 3 is 2.76 bits per heavy atom. The number of hydrogen-bond donors (Lipinski definition) is 4. The molecule has 0 radical (unpaired) electrons. The number of nitrogens with one attached hydrogen (secondary N) is 4. The summed E-state index contributed by atoms with van der Waals surface area (Å²) in [4.78, 5) is 7.69. The van der Waals surface area contributed by atoms with Crippen molar-refractivity contribution < 1.29 is 8.42 Å². The maximum absolute atomic E-state index is 12.1. The zero-order valence-corrected chi connectivity index (χ0v) is 20.1. The number of fused-ring (bicyclic) bond motifs is 1. The number of H-pyrrole nitrogens is 1. The van der Waals surface area contributed by atoms with Crippen LogP contribution in [0.15, 0.2) is 35.5 Å². The van der Waals surface area contributed by atoms with Gasteiger partial charge in [-0.25, -0.2) is 13.1 Å². The average Bonchev–Trinajstić information content (AvgIpc) is 3.03. The molecule has 0 atom stereocenters. The van der Waals surface area contributed by atoms with E-state index in [0.717, 1.165) is 37.9 Å². The Balaban J connectivity index is 0.00000300. The Kier molecular flexibility index (Phi) is 9.70. The molecule has 1 fully saturated rings. The van der Waals surface area contributed by atoms with E-state index in [1.807, 2.05) is 25.3 Å². The first-order valence-electron chi connectivity index (χ1n) is 10.1. The molecule has 0 spiro atoms. The molecule has 1 aliphatic rings. The molecule has 1 aliphatic carbocycles. The monoisotopic (exact) mass is 533 g/mol. The van der Waals surface area contributed by atoms with Crippen LogP contribution in [0.1, 0.15) is 31.7 Å². The number of benzene rings is 1. The molecule has 0 saturated heterocycles. The number of sulfonamides is 1. The summed E-state index contributed by atoms with van der Waals surface area (Å²) in [5.74, 6) is 1.18. The Morgan fingerprint density at radius 2 is 2.03 bits per heavy atom. The van der Waals surface area contributed by atoms with E-state index in [-0.39, 0.29) is 36.3 Å². The Labute approximate surface area is 190 Å². The van der Waals surface area contributed by atoms with Gasteiger partial charge in [0.1, 0.15) is 0 Å². The van der Waals surface area contributed by atoms with Gasteiger partial charge in [0.2, 0.25) is 10.0 Å². The van der Waals surface area contributed by atoms with Crippen molar-refractivity contribution >= 4 is 50.9 Å². The number of halogens is 1. The van der Waals surface area contributed by atoms with Gasteiger partial charge in [0.25, 0.3) is 0 Å². The molecule has 1 heterocycles. The zero-order chi connectivity index (χ0) is 19.8.